The van der Waals surface area contributed by atoms with Gasteiger partial charge in [0.25, 0.3) is 0 Å². The van der Waals surface area contributed by atoms with Crippen molar-refractivity contribution in [3.63, 3.8) is 0 Å². The summed E-state index contributed by atoms with van der Waals surface area (Å²) in [4.78, 5) is 18.7. The van der Waals surface area contributed by atoms with Crippen molar-refractivity contribution >= 4 is 17.6 Å². The first-order valence-corrected chi connectivity index (χ1v) is 5.82. The topological polar surface area (TPSA) is 63.1 Å². The summed E-state index contributed by atoms with van der Waals surface area (Å²) in [6.45, 7) is 0. The molecule has 5 heteroatoms. The molecule has 1 heterocycles. The Bertz CT molecular complexity index is 403. The summed E-state index contributed by atoms with van der Waals surface area (Å²) in [5, 5.41) is 8.91. The van der Waals surface area contributed by atoms with Crippen LogP contribution in [0.25, 0.3) is 0 Å². The van der Waals surface area contributed by atoms with E-state index in [1.54, 1.807) is 6.07 Å². The summed E-state index contributed by atoms with van der Waals surface area (Å²) < 4.78 is 0. The fraction of sp³-hybridized carbons (Fsp3) is 0.545. The van der Waals surface area contributed by atoms with Gasteiger partial charge in [-0.3, -0.25) is 0 Å². The summed E-state index contributed by atoms with van der Waals surface area (Å²) in [5.41, 5.74) is 0.762. The Balaban J connectivity index is 2.28. The number of carbonyl (C=O) groups is 1. The number of carboxylic acid groups (broad SMARTS) is 1. The molecule has 1 aliphatic rings. The molecule has 0 saturated heterocycles. The average molecular weight is 241 g/mol. The Kier molecular flexibility index (Phi) is 3.39. The molecule has 0 aromatic carbocycles. The minimum atomic E-state index is -1.05. The van der Waals surface area contributed by atoms with Gasteiger partial charge in [-0.05, 0) is 30.5 Å². The molecule has 0 bridgehead atoms. The van der Waals surface area contributed by atoms with Gasteiger partial charge < -0.3 is 5.11 Å². The zero-order chi connectivity index (χ0) is 11.5. The molecule has 1 aromatic rings. The molecule has 1 aromatic heterocycles. The highest BCUT2D eigenvalue weighted by Gasteiger charge is 2.19. The molecule has 0 atom stereocenters. The molecule has 1 fully saturated rings. The van der Waals surface area contributed by atoms with Gasteiger partial charge in [-0.2, -0.15) is 0 Å². The van der Waals surface area contributed by atoms with Gasteiger partial charge >= 0.3 is 5.97 Å². The summed E-state index contributed by atoms with van der Waals surface area (Å²) >= 11 is 5.73. The lowest BCUT2D eigenvalue weighted by atomic mass is 9.86. The largest absolute Gasteiger partial charge is 0.477 e. The van der Waals surface area contributed by atoms with Gasteiger partial charge in [-0.25, -0.2) is 14.8 Å². The number of hydrogen-bond donors (Lipinski definition) is 1. The van der Waals surface area contributed by atoms with Gasteiger partial charge in [-0.15, -0.1) is 0 Å². The Morgan fingerprint density at radius 1 is 1.31 bits per heavy atom. The summed E-state index contributed by atoms with van der Waals surface area (Å²) in [6.07, 6.45) is 5.73. The van der Waals surface area contributed by atoms with Crippen LogP contribution in [0.1, 0.15) is 54.2 Å². The van der Waals surface area contributed by atoms with E-state index in [0.29, 0.717) is 5.92 Å². The Morgan fingerprint density at radius 2 is 2.00 bits per heavy atom. The summed E-state index contributed by atoms with van der Waals surface area (Å²) in [7, 11) is 0. The van der Waals surface area contributed by atoms with Crippen LogP contribution < -0.4 is 0 Å². The van der Waals surface area contributed by atoms with Crippen molar-refractivity contribution in [1.82, 2.24) is 9.97 Å². The number of nitrogens with zero attached hydrogens (tertiary/aromatic N) is 2. The molecule has 1 aliphatic carbocycles. The third-order valence-corrected chi connectivity index (χ3v) is 3.13. The second-order valence-corrected chi connectivity index (χ2v) is 4.43. The molecular formula is C11H13ClN2O2. The fourth-order valence-corrected chi connectivity index (χ4v) is 2.34. The highest BCUT2D eigenvalue weighted by Crippen LogP contribution is 2.32. The number of carboxylic acids is 1. The van der Waals surface area contributed by atoms with Crippen LogP contribution in [0.3, 0.4) is 0 Å². The van der Waals surface area contributed by atoms with Crippen LogP contribution in [0, 0.1) is 0 Å². The van der Waals surface area contributed by atoms with E-state index in [4.69, 9.17) is 16.7 Å². The standard InChI is InChI=1S/C11H13ClN2O2/c12-11-13-8(6-9(14-11)10(15)16)7-4-2-1-3-5-7/h6-7H,1-5H2,(H,15,16). The van der Waals surface area contributed by atoms with Crippen molar-refractivity contribution in [3.05, 3.63) is 22.7 Å². The van der Waals surface area contributed by atoms with Crippen LogP contribution in [0.15, 0.2) is 6.07 Å². The highest BCUT2D eigenvalue weighted by molar-refractivity contribution is 6.28. The van der Waals surface area contributed by atoms with E-state index in [1.165, 1.54) is 19.3 Å². The van der Waals surface area contributed by atoms with Crippen LogP contribution in [0.2, 0.25) is 5.28 Å². The number of halogens is 1. The van der Waals surface area contributed by atoms with Crippen LogP contribution >= 0.6 is 11.6 Å². The second-order valence-electron chi connectivity index (χ2n) is 4.09. The molecule has 0 spiro atoms. The molecule has 0 amide bonds. The van der Waals surface area contributed by atoms with Crippen LogP contribution in [0.5, 0.6) is 0 Å². The SMILES string of the molecule is O=C(O)c1cc(C2CCCCC2)nc(Cl)n1. The highest BCUT2D eigenvalue weighted by atomic mass is 35.5. The van der Waals surface area contributed by atoms with E-state index in [1.807, 2.05) is 0 Å². The molecule has 1 N–H and O–H groups in total. The summed E-state index contributed by atoms with van der Waals surface area (Å²) in [6, 6.07) is 1.55. The fourth-order valence-electron chi connectivity index (χ4n) is 2.15. The maximum atomic E-state index is 10.8. The average Bonchev–Trinajstić information content (AvgIpc) is 2.29. The zero-order valence-electron chi connectivity index (χ0n) is 8.82. The minimum absolute atomic E-state index is 0.0134. The maximum absolute atomic E-state index is 10.8. The third-order valence-electron chi connectivity index (χ3n) is 2.96. The monoisotopic (exact) mass is 240 g/mol. The number of rotatable bonds is 2. The van der Waals surface area contributed by atoms with Gasteiger partial charge in [0.1, 0.15) is 0 Å². The smallest absolute Gasteiger partial charge is 0.354 e. The van der Waals surface area contributed by atoms with Crippen molar-refractivity contribution in [3.8, 4) is 0 Å². The quantitative estimate of drug-likeness (QED) is 0.808. The maximum Gasteiger partial charge on any atom is 0.354 e. The number of aromatic nitrogens is 2. The molecule has 0 radical (unpaired) electrons. The molecule has 86 valence electrons. The van der Waals surface area contributed by atoms with E-state index >= 15 is 0 Å². The molecule has 1 saturated carbocycles. The van der Waals surface area contributed by atoms with Crippen molar-refractivity contribution in [2.75, 3.05) is 0 Å². The van der Waals surface area contributed by atoms with Crippen molar-refractivity contribution < 1.29 is 9.90 Å². The Hall–Kier alpha value is -1.16. The molecular weight excluding hydrogens is 228 g/mol. The van der Waals surface area contributed by atoms with Gasteiger partial charge in [0, 0.05) is 11.6 Å². The lowest BCUT2D eigenvalue weighted by Crippen LogP contribution is -2.10. The van der Waals surface area contributed by atoms with E-state index in [9.17, 15) is 4.79 Å². The molecule has 2 rings (SSSR count). The van der Waals surface area contributed by atoms with Crippen molar-refractivity contribution in [1.29, 1.82) is 0 Å². The summed E-state index contributed by atoms with van der Waals surface area (Å²) in [5.74, 6) is -0.714. The third kappa shape index (κ3) is 2.50. The first-order valence-electron chi connectivity index (χ1n) is 5.44. The first-order chi connectivity index (χ1) is 7.66. The number of aromatic carboxylic acids is 1. The first kappa shape index (κ1) is 11.3. The predicted molar refractivity (Wildman–Crippen MR) is 59.8 cm³/mol. The molecule has 16 heavy (non-hydrogen) atoms. The zero-order valence-corrected chi connectivity index (χ0v) is 9.57. The van der Waals surface area contributed by atoms with E-state index in [2.05, 4.69) is 9.97 Å². The normalized spacial score (nSPS) is 17.3. The van der Waals surface area contributed by atoms with Crippen molar-refractivity contribution in [2.45, 2.75) is 38.0 Å². The second kappa shape index (κ2) is 4.78. The number of hydrogen-bond acceptors (Lipinski definition) is 3. The van der Waals surface area contributed by atoms with Gasteiger partial charge in [0.15, 0.2) is 5.69 Å². The van der Waals surface area contributed by atoms with E-state index in [-0.39, 0.29) is 11.0 Å². The van der Waals surface area contributed by atoms with Crippen LogP contribution in [-0.4, -0.2) is 21.0 Å². The molecule has 0 unspecified atom stereocenters. The van der Waals surface area contributed by atoms with Gasteiger partial charge in [0.05, 0.1) is 0 Å². The van der Waals surface area contributed by atoms with Crippen LogP contribution in [0.4, 0.5) is 0 Å². The van der Waals surface area contributed by atoms with E-state index < -0.39 is 5.97 Å². The minimum Gasteiger partial charge on any atom is -0.477 e. The lowest BCUT2D eigenvalue weighted by Gasteiger charge is -2.21. The molecule has 0 aliphatic heterocycles. The lowest BCUT2D eigenvalue weighted by molar-refractivity contribution is 0.0690. The predicted octanol–water partition coefficient (Wildman–Crippen LogP) is 2.88. The molecule has 4 nitrogen and oxygen atoms in total. The van der Waals surface area contributed by atoms with Crippen molar-refractivity contribution in [2.24, 2.45) is 0 Å². The Labute approximate surface area is 98.7 Å². The van der Waals surface area contributed by atoms with Gasteiger partial charge in [0.2, 0.25) is 5.28 Å². The van der Waals surface area contributed by atoms with E-state index in [0.717, 1.165) is 18.5 Å². The van der Waals surface area contributed by atoms with Crippen LogP contribution in [-0.2, 0) is 0 Å². The van der Waals surface area contributed by atoms with Gasteiger partial charge in [-0.1, -0.05) is 19.3 Å². The Morgan fingerprint density at radius 3 is 2.62 bits per heavy atom.